The fourth-order valence-electron chi connectivity index (χ4n) is 2.25. The zero-order valence-corrected chi connectivity index (χ0v) is 15.0. The molecule has 0 heterocycles. The van der Waals surface area contributed by atoms with E-state index in [4.69, 9.17) is 4.74 Å². The van der Waals surface area contributed by atoms with Gasteiger partial charge in [-0.05, 0) is 33.3 Å². The molecule has 5 heteroatoms. The zero-order valence-electron chi connectivity index (χ0n) is 15.0. The summed E-state index contributed by atoms with van der Waals surface area (Å²) in [6.45, 7) is 9.19. The quantitative estimate of drug-likeness (QED) is 0.414. The summed E-state index contributed by atoms with van der Waals surface area (Å²) in [6.07, 6.45) is 3.53. The van der Waals surface area contributed by atoms with Crippen LogP contribution in [0.15, 0.2) is 30.0 Å². The van der Waals surface area contributed by atoms with E-state index < -0.39 is 5.91 Å². The third-order valence-electron chi connectivity index (χ3n) is 3.57. The Balaban J connectivity index is 2.82. The van der Waals surface area contributed by atoms with Crippen LogP contribution < -0.4 is 15.4 Å². The molecule has 1 atom stereocenters. The minimum Gasteiger partial charge on any atom is -0.494 e. The second kappa shape index (κ2) is 10.3. The van der Waals surface area contributed by atoms with Crippen LogP contribution in [0, 0.1) is 18.3 Å². The first-order valence-electron chi connectivity index (χ1n) is 8.41. The second-order valence-corrected chi connectivity index (χ2v) is 5.65. The van der Waals surface area contributed by atoms with Crippen molar-refractivity contribution in [3.05, 3.63) is 41.1 Å². The molecule has 1 aromatic rings. The predicted octanol–water partition coefficient (Wildman–Crippen LogP) is 3.37. The van der Waals surface area contributed by atoms with Gasteiger partial charge in [0.25, 0.3) is 5.91 Å². The maximum absolute atomic E-state index is 12.3. The fourth-order valence-corrected chi connectivity index (χ4v) is 2.25. The average Bonchev–Trinajstić information content (AvgIpc) is 2.56. The van der Waals surface area contributed by atoms with Gasteiger partial charge in [0.05, 0.1) is 12.6 Å². The van der Waals surface area contributed by atoms with Gasteiger partial charge in [0.2, 0.25) is 0 Å². The summed E-state index contributed by atoms with van der Waals surface area (Å²) < 4.78 is 5.63. The van der Waals surface area contributed by atoms with Gasteiger partial charge < -0.3 is 15.4 Å². The lowest BCUT2D eigenvalue weighted by Gasteiger charge is -2.18. The molecule has 1 unspecified atom stereocenters. The zero-order chi connectivity index (χ0) is 17.9. The van der Waals surface area contributed by atoms with Crippen molar-refractivity contribution >= 4 is 5.91 Å². The summed E-state index contributed by atoms with van der Waals surface area (Å²) >= 11 is 0. The Hall–Kier alpha value is -2.48. The summed E-state index contributed by atoms with van der Waals surface area (Å²) in [4.78, 5) is 12.3. The summed E-state index contributed by atoms with van der Waals surface area (Å²) in [5, 5.41) is 15.0. The molecule has 0 saturated carbocycles. The van der Waals surface area contributed by atoms with Gasteiger partial charge in [-0.3, -0.25) is 4.79 Å². The molecule has 0 aromatic heterocycles. The number of nitriles is 1. The van der Waals surface area contributed by atoms with Crippen molar-refractivity contribution in [2.24, 2.45) is 0 Å². The number of carbonyl (C=O) groups is 1. The van der Waals surface area contributed by atoms with Gasteiger partial charge in [-0.25, -0.2) is 0 Å². The van der Waals surface area contributed by atoms with E-state index in [9.17, 15) is 10.1 Å². The minimum absolute atomic E-state index is 0.0727. The summed E-state index contributed by atoms with van der Waals surface area (Å²) in [5.74, 6) is 0.359. The molecule has 1 aromatic carbocycles. The van der Waals surface area contributed by atoms with Gasteiger partial charge in [-0.2, -0.15) is 5.26 Å². The van der Waals surface area contributed by atoms with E-state index in [1.54, 1.807) is 0 Å². The maximum Gasteiger partial charge on any atom is 0.263 e. The molecule has 0 aliphatic carbocycles. The number of ether oxygens (including phenoxy) is 1. The van der Waals surface area contributed by atoms with Crippen LogP contribution in [-0.2, 0) is 4.79 Å². The maximum atomic E-state index is 12.3. The summed E-state index contributed by atoms with van der Waals surface area (Å²) in [7, 11) is 0. The van der Waals surface area contributed by atoms with E-state index in [-0.39, 0.29) is 11.6 Å². The minimum atomic E-state index is -0.391. The second-order valence-electron chi connectivity index (χ2n) is 5.65. The van der Waals surface area contributed by atoms with Crippen LogP contribution in [0.2, 0.25) is 0 Å². The third-order valence-corrected chi connectivity index (χ3v) is 3.57. The highest BCUT2D eigenvalue weighted by Gasteiger charge is 2.17. The number of nitrogens with zero attached hydrogens (tertiary/aromatic N) is 1. The number of hydrogen-bond acceptors (Lipinski definition) is 4. The molecule has 0 saturated heterocycles. The average molecular weight is 329 g/mol. The molecule has 24 heavy (non-hydrogen) atoms. The van der Waals surface area contributed by atoms with E-state index >= 15 is 0 Å². The molecule has 0 radical (unpaired) electrons. The van der Waals surface area contributed by atoms with Crippen LogP contribution in [0.25, 0.3) is 0 Å². The summed E-state index contributed by atoms with van der Waals surface area (Å²) in [5.41, 5.74) is 2.07. The van der Waals surface area contributed by atoms with E-state index in [0.29, 0.717) is 6.61 Å². The van der Waals surface area contributed by atoms with Crippen LogP contribution in [0.1, 0.15) is 50.8 Å². The molecule has 1 rings (SSSR count). The number of unbranched alkanes of at least 4 members (excludes halogenated alkanes) is 1. The van der Waals surface area contributed by atoms with E-state index in [2.05, 4.69) is 17.6 Å². The number of hydrogen-bond donors (Lipinski definition) is 2. The largest absolute Gasteiger partial charge is 0.494 e. The number of carbonyl (C=O) groups excluding carboxylic acids is 1. The predicted molar refractivity (Wildman–Crippen MR) is 95.5 cm³/mol. The van der Waals surface area contributed by atoms with Crippen LogP contribution in [-0.4, -0.2) is 19.1 Å². The molecule has 5 nitrogen and oxygen atoms in total. The highest BCUT2D eigenvalue weighted by Crippen LogP contribution is 2.26. The Morgan fingerprint density at radius 3 is 2.79 bits per heavy atom. The first kappa shape index (κ1) is 19.6. The van der Waals surface area contributed by atoms with Gasteiger partial charge in [0, 0.05) is 18.3 Å². The van der Waals surface area contributed by atoms with Gasteiger partial charge in [0.1, 0.15) is 17.4 Å². The standard InChI is InChI=1S/C19H27N3O2/c1-5-7-10-21-13-16(12-20)19(23)22-15(4)17-11-14(3)8-9-18(17)24-6-2/h8-9,11,13,15,21H,5-7,10H2,1-4H3,(H,22,23)/b16-13-. The molecule has 130 valence electrons. The van der Waals surface area contributed by atoms with Gasteiger partial charge in [0.15, 0.2) is 0 Å². The Kier molecular flexibility index (Phi) is 8.42. The topological polar surface area (TPSA) is 74.2 Å². The molecule has 2 N–H and O–H groups in total. The Morgan fingerprint density at radius 1 is 1.42 bits per heavy atom. The number of amides is 1. The van der Waals surface area contributed by atoms with Crippen molar-refractivity contribution in [3.8, 4) is 11.8 Å². The van der Waals surface area contributed by atoms with Crippen LogP contribution >= 0.6 is 0 Å². The first-order chi connectivity index (χ1) is 11.5. The number of benzene rings is 1. The van der Waals surface area contributed by atoms with Crippen molar-refractivity contribution in [2.75, 3.05) is 13.2 Å². The molecule has 0 fully saturated rings. The van der Waals surface area contributed by atoms with Crippen LogP contribution in [0.3, 0.4) is 0 Å². The third kappa shape index (κ3) is 5.96. The summed E-state index contributed by atoms with van der Waals surface area (Å²) in [6, 6.07) is 7.56. The van der Waals surface area contributed by atoms with Gasteiger partial charge >= 0.3 is 0 Å². The van der Waals surface area contributed by atoms with Gasteiger partial charge in [-0.1, -0.05) is 31.0 Å². The highest BCUT2D eigenvalue weighted by molar-refractivity contribution is 5.97. The lowest BCUT2D eigenvalue weighted by Crippen LogP contribution is -2.29. The lowest BCUT2D eigenvalue weighted by atomic mass is 10.0. The first-order valence-corrected chi connectivity index (χ1v) is 8.41. The molecular formula is C19H27N3O2. The monoisotopic (exact) mass is 329 g/mol. The number of nitrogens with one attached hydrogen (secondary N) is 2. The van der Waals surface area contributed by atoms with Crippen LogP contribution in [0.5, 0.6) is 5.75 Å². The van der Waals surface area contributed by atoms with Crippen molar-refractivity contribution in [1.82, 2.24) is 10.6 Å². The van der Waals surface area contributed by atoms with E-state index in [1.165, 1.54) is 6.20 Å². The molecule has 0 aliphatic rings. The molecule has 0 bridgehead atoms. The van der Waals surface area contributed by atoms with E-state index in [1.807, 2.05) is 45.0 Å². The molecular weight excluding hydrogens is 302 g/mol. The normalized spacial score (nSPS) is 12.2. The Labute approximate surface area is 144 Å². The number of rotatable bonds is 9. The molecule has 0 aliphatic heterocycles. The SMILES string of the molecule is CCCCN/C=C(/C#N)C(=O)NC(C)c1cc(C)ccc1OCC. The van der Waals surface area contributed by atoms with Crippen molar-refractivity contribution in [3.63, 3.8) is 0 Å². The number of aryl methyl sites for hydroxylation is 1. The van der Waals surface area contributed by atoms with Gasteiger partial charge in [-0.15, -0.1) is 0 Å². The smallest absolute Gasteiger partial charge is 0.263 e. The van der Waals surface area contributed by atoms with Crippen molar-refractivity contribution in [2.45, 2.75) is 46.6 Å². The lowest BCUT2D eigenvalue weighted by molar-refractivity contribution is -0.117. The molecule has 0 spiro atoms. The van der Waals surface area contributed by atoms with E-state index in [0.717, 1.165) is 36.3 Å². The highest BCUT2D eigenvalue weighted by atomic mass is 16.5. The Bertz CT molecular complexity index is 618. The van der Waals surface area contributed by atoms with Crippen molar-refractivity contribution < 1.29 is 9.53 Å². The van der Waals surface area contributed by atoms with Crippen LogP contribution in [0.4, 0.5) is 0 Å². The fraction of sp³-hybridized carbons (Fsp3) is 0.474. The van der Waals surface area contributed by atoms with Crippen molar-refractivity contribution in [1.29, 1.82) is 5.26 Å². The molecule has 1 amide bonds. The Morgan fingerprint density at radius 2 is 2.17 bits per heavy atom.